The highest BCUT2D eigenvalue weighted by Gasteiger charge is 2.38. The SMILES string of the molecule is C[C@H]1[C@@H](CSc2cccc[n+]2[O-])O[C@@H](c2cccc(NC(=O)c3cccnc3)c2)O[C@H]1c1ccc(CO)cc1. The molecule has 0 radical (unpaired) electrons. The molecule has 39 heavy (non-hydrogen) atoms. The molecule has 4 atom stereocenters. The van der Waals surface area contributed by atoms with Gasteiger partial charge in [-0.2, -0.15) is 4.73 Å². The van der Waals surface area contributed by atoms with Gasteiger partial charge in [0, 0.05) is 47.4 Å². The number of aromatic nitrogens is 2. The van der Waals surface area contributed by atoms with E-state index in [1.54, 1.807) is 30.5 Å². The molecule has 8 nitrogen and oxygen atoms in total. The third-order valence-electron chi connectivity index (χ3n) is 6.65. The molecule has 0 saturated carbocycles. The maximum absolute atomic E-state index is 12.7. The maximum Gasteiger partial charge on any atom is 0.257 e. The highest BCUT2D eigenvalue weighted by atomic mass is 32.2. The molecule has 0 aliphatic carbocycles. The number of hydrogen-bond acceptors (Lipinski definition) is 7. The Balaban J connectivity index is 1.39. The second kappa shape index (κ2) is 12.4. The summed E-state index contributed by atoms with van der Waals surface area (Å²) in [6, 6.07) is 23.8. The third kappa shape index (κ3) is 6.46. The molecule has 9 heteroatoms. The molecule has 1 fully saturated rings. The van der Waals surface area contributed by atoms with E-state index >= 15 is 0 Å². The number of carbonyl (C=O) groups is 1. The molecule has 0 spiro atoms. The van der Waals surface area contributed by atoms with Gasteiger partial charge in [0.15, 0.2) is 12.5 Å². The first-order valence-electron chi connectivity index (χ1n) is 12.6. The Bertz CT molecular complexity index is 1400. The number of anilines is 1. The van der Waals surface area contributed by atoms with Crippen LogP contribution in [-0.4, -0.2) is 27.9 Å². The largest absolute Gasteiger partial charge is 0.618 e. The van der Waals surface area contributed by atoms with Gasteiger partial charge in [-0.1, -0.05) is 55.1 Å². The van der Waals surface area contributed by atoms with Gasteiger partial charge in [-0.05, 0) is 41.5 Å². The summed E-state index contributed by atoms with van der Waals surface area (Å²) in [5.74, 6) is 0.269. The molecule has 1 aliphatic rings. The quantitative estimate of drug-likeness (QED) is 0.182. The fourth-order valence-corrected chi connectivity index (χ4v) is 5.55. The number of aliphatic hydroxyl groups is 1. The number of ether oxygens (including phenoxy) is 2. The van der Waals surface area contributed by atoms with Crippen LogP contribution in [0.25, 0.3) is 0 Å². The molecular weight excluding hydrogens is 514 g/mol. The lowest BCUT2D eigenvalue weighted by Gasteiger charge is -2.41. The minimum Gasteiger partial charge on any atom is -0.618 e. The monoisotopic (exact) mass is 543 g/mol. The zero-order chi connectivity index (χ0) is 27.2. The van der Waals surface area contributed by atoms with E-state index in [0.29, 0.717) is 22.0 Å². The average molecular weight is 544 g/mol. The summed E-state index contributed by atoms with van der Waals surface area (Å²) in [7, 11) is 0. The zero-order valence-corrected chi connectivity index (χ0v) is 22.2. The first-order valence-corrected chi connectivity index (χ1v) is 13.6. The Labute approximate surface area is 231 Å². The summed E-state index contributed by atoms with van der Waals surface area (Å²) in [4.78, 5) is 16.7. The fourth-order valence-electron chi connectivity index (χ4n) is 4.47. The van der Waals surface area contributed by atoms with Crippen LogP contribution in [0, 0.1) is 11.1 Å². The lowest BCUT2D eigenvalue weighted by molar-refractivity contribution is -0.645. The topological polar surface area (TPSA) is 108 Å². The van der Waals surface area contributed by atoms with Crippen LogP contribution in [0.15, 0.2) is 102 Å². The van der Waals surface area contributed by atoms with Crippen LogP contribution >= 0.6 is 11.8 Å². The van der Waals surface area contributed by atoms with E-state index in [4.69, 9.17) is 9.47 Å². The number of rotatable bonds is 8. The van der Waals surface area contributed by atoms with E-state index in [1.807, 2.05) is 54.6 Å². The van der Waals surface area contributed by atoms with Crippen LogP contribution in [0.4, 0.5) is 5.69 Å². The maximum atomic E-state index is 12.7. The van der Waals surface area contributed by atoms with Gasteiger partial charge in [-0.15, -0.1) is 0 Å². The number of thioether (sulfide) groups is 1. The number of amides is 1. The van der Waals surface area contributed by atoms with Crippen molar-refractivity contribution in [2.45, 2.75) is 37.1 Å². The highest BCUT2D eigenvalue weighted by molar-refractivity contribution is 7.99. The molecule has 5 rings (SSSR count). The third-order valence-corrected chi connectivity index (χ3v) is 7.75. The van der Waals surface area contributed by atoms with Gasteiger partial charge < -0.3 is 25.1 Å². The van der Waals surface area contributed by atoms with Crippen molar-refractivity contribution in [1.82, 2.24) is 4.98 Å². The van der Waals surface area contributed by atoms with E-state index in [2.05, 4.69) is 17.2 Å². The van der Waals surface area contributed by atoms with Crippen LogP contribution < -0.4 is 10.0 Å². The van der Waals surface area contributed by atoms with Gasteiger partial charge in [0.05, 0.1) is 24.4 Å². The molecule has 0 bridgehead atoms. The van der Waals surface area contributed by atoms with Crippen LogP contribution in [0.1, 0.15) is 46.4 Å². The minimum atomic E-state index is -0.695. The molecule has 3 heterocycles. The van der Waals surface area contributed by atoms with Crippen molar-refractivity contribution in [2.24, 2.45) is 5.92 Å². The second-order valence-corrected chi connectivity index (χ2v) is 10.4. The van der Waals surface area contributed by atoms with Crippen LogP contribution in [0.2, 0.25) is 0 Å². The molecule has 1 amide bonds. The number of aliphatic hydroxyl groups excluding tert-OH is 1. The van der Waals surface area contributed by atoms with E-state index in [0.717, 1.165) is 21.4 Å². The molecule has 1 saturated heterocycles. The summed E-state index contributed by atoms with van der Waals surface area (Å²) >= 11 is 1.44. The van der Waals surface area contributed by atoms with Crippen LogP contribution in [0.5, 0.6) is 0 Å². The van der Waals surface area contributed by atoms with Crippen LogP contribution in [0.3, 0.4) is 0 Å². The van der Waals surface area contributed by atoms with Gasteiger partial charge in [0.1, 0.15) is 0 Å². The standard InChI is InChI=1S/C30H29N3O5S/c1-20-26(19-39-27-9-2-3-15-33(27)36)37-30(38-28(20)22-12-10-21(18-34)11-13-22)23-6-4-8-25(16-23)32-29(35)24-7-5-14-31-17-24/h2-17,20,26,28,30,34H,18-19H2,1H3,(H,32,35)/t20-,26+,28+,30+/m0/s1. The summed E-state index contributed by atoms with van der Waals surface area (Å²) in [6.45, 7) is 2.04. The molecular formula is C30H29N3O5S. The Hall–Kier alpha value is -3.76. The first kappa shape index (κ1) is 26.8. The Morgan fingerprint density at radius 1 is 1.05 bits per heavy atom. The molecule has 4 aromatic rings. The van der Waals surface area contributed by atoms with Gasteiger partial charge in [-0.3, -0.25) is 9.78 Å². The first-order chi connectivity index (χ1) is 19.0. The Kier molecular flexibility index (Phi) is 8.53. The highest BCUT2D eigenvalue weighted by Crippen LogP contribution is 2.43. The van der Waals surface area contributed by atoms with E-state index < -0.39 is 6.29 Å². The normalized spacial score (nSPS) is 20.9. The van der Waals surface area contributed by atoms with Crippen molar-refractivity contribution in [2.75, 3.05) is 11.1 Å². The van der Waals surface area contributed by atoms with Crippen molar-refractivity contribution in [3.05, 3.63) is 125 Å². The van der Waals surface area contributed by atoms with E-state index in [9.17, 15) is 15.1 Å². The van der Waals surface area contributed by atoms with Crippen LogP contribution in [-0.2, 0) is 16.1 Å². The lowest BCUT2D eigenvalue weighted by Crippen LogP contribution is -2.39. The lowest BCUT2D eigenvalue weighted by atomic mass is 9.91. The average Bonchev–Trinajstić information content (AvgIpc) is 2.98. The zero-order valence-electron chi connectivity index (χ0n) is 21.3. The summed E-state index contributed by atoms with van der Waals surface area (Å²) in [6.07, 6.45) is 3.40. The predicted octanol–water partition coefficient (Wildman–Crippen LogP) is 5.04. The van der Waals surface area contributed by atoms with Crippen molar-refractivity contribution >= 4 is 23.4 Å². The van der Waals surface area contributed by atoms with E-state index in [-0.39, 0.29) is 30.6 Å². The summed E-state index contributed by atoms with van der Waals surface area (Å²) in [5.41, 5.74) is 3.63. The number of nitrogens with one attached hydrogen (secondary N) is 1. The van der Waals surface area contributed by atoms with Gasteiger partial charge in [0.25, 0.3) is 10.9 Å². The van der Waals surface area contributed by atoms with Crippen molar-refractivity contribution in [3.63, 3.8) is 0 Å². The van der Waals surface area contributed by atoms with Crippen molar-refractivity contribution in [1.29, 1.82) is 0 Å². The van der Waals surface area contributed by atoms with Crippen molar-refractivity contribution in [3.8, 4) is 0 Å². The number of benzene rings is 2. The number of hydrogen-bond donors (Lipinski definition) is 2. The smallest absolute Gasteiger partial charge is 0.257 e. The molecule has 1 aliphatic heterocycles. The van der Waals surface area contributed by atoms with Gasteiger partial charge in [-0.25, -0.2) is 0 Å². The molecule has 2 N–H and O–H groups in total. The minimum absolute atomic E-state index is 0.0222. The number of nitrogens with zero attached hydrogens (tertiary/aromatic N) is 2. The Morgan fingerprint density at radius 2 is 1.90 bits per heavy atom. The van der Waals surface area contributed by atoms with Gasteiger partial charge in [0.2, 0.25) is 0 Å². The molecule has 200 valence electrons. The Morgan fingerprint density at radius 3 is 2.64 bits per heavy atom. The van der Waals surface area contributed by atoms with E-state index in [1.165, 1.54) is 24.2 Å². The van der Waals surface area contributed by atoms with Gasteiger partial charge >= 0.3 is 0 Å². The molecule has 0 unspecified atom stereocenters. The molecule has 2 aromatic heterocycles. The molecule has 2 aromatic carbocycles. The predicted molar refractivity (Wildman–Crippen MR) is 148 cm³/mol. The van der Waals surface area contributed by atoms with Crippen molar-refractivity contribution < 1.29 is 24.1 Å². The number of carbonyl (C=O) groups excluding carboxylic acids is 1. The summed E-state index contributed by atoms with van der Waals surface area (Å²) < 4.78 is 13.8. The number of pyridine rings is 2. The summed E-state index contributed by atoms with van der Waals surface area (Å²) in [5, 5.41) is 25.2. The fraction of sp³-hybridized carbons (Fsp3) is 0.233. The second-order valence-electron chi connectivity index (χ2n) is 9.32.